The van der Waals surface area contributed by atoms with Crippen LogP contribution in [0.3, 0.4) is 0 Å². The van der Waals surface area contributed by atoms with Crippen molar-refractivity contribution in [1.82, 2.24) is 0 Å². The highest BCUT2D eigenvalue weighted by atomic mass is 32.1. The SMILES string of the molecule is c1ccc(-c2ccc(-c3ccc(N(c4ccc5c(c4)sc4c6ccccc6c(-c6cccc7ccccc67)cc54)c4cccc5ccccc45)cc3)cc2)cc1. The molecule has 11 aromatic rings. The molecule has 1 nitrogen and oxygen atoms in total. The topological polar surface area (TPSA) is 3.24 Å². The highest BCUT2D eigenvalue weighted by molar-refractivity contribution is 7.26. The second kappa shape index (κ2) is 13.4. The van der Waals surface area contributed by atoms with Gasteiger partial charge in [-0.2, -0.15) is 0 Å². The fourth-order valence-corrected chi connectivity index (χ4v) is 9.78. The monoisotopic (exact) mass is 729 g/mol. The van der Waals surface area contributed by atoms with Crippen LogP contribution in [0.25, 0.3) is 85.9 Å². The van der Waals surface area contributed by atoms with E-state index in [0.717, 1.165) is 17.1 Å². The summed E-state index contributed by atoms with van der Waals surface area (Å²) in [6, 6.07) is 77.6. The van der Waals surface area contributed by atoms with E-state index >= 15 is 0 Å². The Hall–Kier alpha value is -7.00. The highest BCUT2D eigenvalue weighted by Crippen LogP contribution is 2.47. The van der Waals surface area contributed by atoms with Gasteiger partial charge in [0.15, 0.2) is 0 Å². The number of hydrogen-bond donors (Lipinski definition) is 0. The molecule has 262 valence electrons. The van der Waals surface area contributed by atoms with Gasteiger partial charge >= 0.3 is 0 Å². The molecule has 0 unspecified atom stereocenters. The molecule has 1 aromatic heterocycles. The molecule has 56 heavy (non-hydrogen) atoms. The van der Waals surface area contributed by atoms with Crippen molar-refractivity contribution in [3.8, 4) is 33.4 Å². The third-order valence-electron chi connectivity index (χ3n) is 11.3. The van der Waals surface area contributed by atoms with E-state index in [0.29, 0.717) is 0 Å². The normalized spacial score (nSPS) is 11.6. The van der Waals surface area contributed by atoms with Crippen molar-refractivity contribution >= 4 is 80.9 Å². The van der Waals surface area contributed by atoms with Gasteiger partial charge in [0.1, 0.15) is 0 Å². The van der Waals surface area contributed by atoms with Crippen LogP contribution in [0.1, 0.15) is 0 Å². The zero-order valence-corrected chi connectivity index (χ0v) is 31.4. The minimum Gasteiger partial charge on any atom is -0.310 e. The summed E-state index contributed by atoms with van der Waals surface area (Å²) in [5.74, 6) is 0. The summed E-state index contributed by atoms with van der Waals surface area (Å²) < 4.78 is 2.61. The molecule has 11 rings (SSSR count). The number of benzene rings is 10. The van der Waals surface area contributed by atoms with Crippen LogP contribution >= 0.6 is 11.3 Å². The summed E-state index contributed by atoms with van der Waals surface area (Å²) in [4.78, 5) is 2.42. The lowest BCUT2D eigenvalue weighted by molar-refractivity contribution is 1.30. The predicted octanol–water partition coefficient (Wildman–Crippen LogP) is 16.0. The largest absolute Gasteiger partial charge is 0.310 e. The lowest BCUT2D eigenvalue weighted by Crippen LogP contribution is -2.10. The second-order valence-corrected chi connectivity index (χ2v) is 15.5. The van der Waals surface area contributed by atoms with Gasteiger partial charge in [-0.15, -0.1) is 11.3 Å². The Morgan fingerprint density at radius 1 is 0.304 bits per heavy atom. The fourth-order valence-electron chi connectivity index (χ4n) is 8.53. The first-order chi connectivity index (χ1) is 27.8. The third-order valence-corrected chi connectivity index (χ3v) is 12.5. The second-order valence-electron chi connectivity index (χ2n) is 14.5. The zero-order valence-electron chi connectivity index (χ0n) is 30.6. The maximum absolute atomic E-state index is 2.44. The van der Waals surface area contributed by atoms with Gasteiger partial charge in [-0.05, 0) is 91.3 Å². The van der Waals surface area contributed by atoms with Crippen LogP contribution in [0.15, 0.2) is 212 Å². The summed E-state index contributed by atoms with van der Waals surface area (Å²) in [7, 11) is 0. The van der Waals surface area contributed by atoms with Crippen molar-refractivity contribution in [1.29, 1.82) is 0 Å². The molecule has 0 aliphatic rings. The van der Waals surface area contributed by atoms with Crippen molar-refractivity contribution in [2.75, 3.05) is 4.90 Å². The van der Waals surface area contributed by atoms with Gasteiger partial charge in [-0.25, -0.2) is 0 Å². The standard InChI is InChI=1S/C54H35NS/c1-2-12-36(13-3-1)37-24-26-38(27-25-37)39-28-30-42(31-29-39)55(52-23-11-17-41-15-5-7-19-45(41)52)43-32-33-48-51-35-50(46-22-10-16-40-14-4-6-18-44(40)46)47-20-8-9-21-49(47)54(51)56-53(48)34-43/h1-35H. The van der Waals surface area contributed by atoms with Crippen LogP contribution in [0.5, 0.6) is 0 Å². The lowest BCUT2D eigenvalue weighted by Gasteiger charge is -2.27. The van der Waals surface area contributed by atoms with Crippen molar-refractivity contribution < 1.29 is 0 Å². The smallest absolute Gasteiger partial charge is 0.0540 e. The van der Waals surface area contributed by atoms with Crippen LogP contribution in [-0.2, 0) is 0 Å². The van der Waals surface area contributed by atoms with Crippen molar-refractivity contribution in [3.63, 3.8) is 0 Å². The van der Waals surface area contributed by atoms with E-state index in [2.05, 4.69) is 217 Å². The summed E-state index contributed by atoms with van der Waals surface area (Å²) in [5, 5.41) is 10.2. The number of nitrogens with zero attached hydrogens (tertiary/aromatic N) is 1. The molecule has 0 aliphatic heterocycles. The maximum atomic E-state index is 2.44. The number of thiophene rings is 1. The molecule has 1 heterocycles. The average molecular weight is 730 g/mol. The van der Waals surface area contributed by atoms with Crippen molar-refractivity contribution in [2.24, 2.45) is 0 Å². The van der Waals surface area contributed by atoms with Crippen LogP contribution in [0.2, 0.25) is 0 Å². The van der Waals surface area contributed by atoms with E-state index in [1.807, 2.05) is 11.3 Å². The molecule has 0 radical (unpaired) electrons. The Labute approximate surface area is 330 Å². The quantitative estimate of drug-likeness (QED) is 0.165. The average Bonchev–Trinajstić information content (AvgIpc) is 3.65. The molecule has 0 fully saturated rings. The molecule has 10 aromatic carbocycles. The number of anilines is 3. The summed E-state index contributed by atoms with van der Waals surface area (Å²) in [5.41, 5.74) is 10.8. The Kier molecular flexibility index (Phi) is 7.75. The van der Waals surface area contributed by atoms with Gasteiger partial charge in [0.05, 0.1) is 5.69 Å². The van der Waals surface area contributed by atoms with Crippen LogP contribution < -0.4 is 4.90 Å². The Morgan fingerprint density at radius 2 is 0.839 bits per heavy atom. The Balaban J connectivity index is 1.06. The van der Waals surface area contributed by atoms with E-state index in [-0.39, 0.29) is 0 Å². The number of fused-ring (bicyclic) bond motifs is 7. The molecule has 0 saturated heterocycles. The first kappa shape index (κ1) is 32.4. The molecule has 0 spiro atoms. The van der Waals surface area contributed by atoms with Gasteiger partial charge in [-0.3, -0.25) is 0 Å². The first-order valence-electron chi connectivity index (χ1n) is 19.2. The molecule has 0 aliphatic carbocycles. The Morgan fingerprint density at radius 3 is 1.57 bits per heavy atom. The maximum Gasteiger partial charge on any atom is 0.0540 e. The molecule has 0 N–H and O–H groups in total. The highest BCUT2D eigenvalue weighted by Gasteiger charge is 2.19. The van der Waals surface area contributed by atoms with Gasteiger partial charge in [0.25, 0.3) is 0 Å². The van der Waals surface area contributed by atoms with E-state index in [1.54, 1.807) is 0 Å². The van der Waals surface area contributed by atoms with E-state index < -0.39 is 0 Å². The minimum absolute atomic E-state index is 1.12. The Bertz CT molecular complexity index is 3220. The lowest BCUT2D eigenvalue weighted by atomic mass is 9.92. The molecule has 2 heteroatoms. The van der Waals surface area contributed by atoms with E-state index in [1.165, 1.54) is 85.9 Å². The van der Waals surface area contributed by atoms with Crippen molar-refractivity contribution in [2.45, 2.75) is 0 Å². The minimum atomic E-state index is 1.12. The van der Waals surface area contributed by atoms with Crippen LogP contribution in [-0.4, -0.2) is 0 Å². The van der Waals surface area contributed by atoms with E-state index in [9.17, 15) is 0 Å². The van der Waals surface area contributed by atoms with Gasteiger partial charge in [0, 0.05) is 42.3 Å². The van der Waals surface area contributed by atoms with Gasteiger partial charge in [-0.1, -0.05) is 176 Å². The molecule has 0 bridgehead atoms. The van der Waals surface area contributed by atoms with E-state index in [4.69, 9.17) is 0 Å². The van der Waals surface area contributed by atoms with Gasteiger partial charge < -0.3 is 4.90 Å². The summed E-state index contributed by atoms with van der Waals surface area (Å²) in [6.45, 7) is 0. The molecule has 0 saturated carbocycles. The zero-order chi connectivity index (χ0) is 37.0. The molecular weight excluding hydrogens is 695 g/mol. The summed E-state index contributed by atoms with van der Waals surface area (Å²) >= 11 is 1.90. The van der Waals surface area contributed by atoms with Crippen molar-refractivity contribution in [3.05, 3.63) is 212 Å². The summed E-state index contributed by atoms with van der Waals surface area (Å²) in [6.07, 6.45) is 0. The third kappa shape index (κ3) is 5.46. The predicted molar refractivity (Wildman–Crippen MR) is 243 cm³/mol. The van der Waals surface area contributed by atoms with Crippen LogP contribution in [0, 0.1) is 0 Å². The first-order valence-corrected chi connectivity index (χ1v) is 20.0. The van der Waals surface area contributed by atoms with Crippen LogP contribution in [0.4, 0.5) is 17.1 Å². The van der Waals surface area contributed by atoms with Gasteiger partial charge in [0.2, 0.25) is 0 Å². The molecule has 0 amide bonds. The molecular formula is C54H35NS. The fraction of sp³-hybridized carbons (Fsp3) is 0. The number of rotatable bonds is 6. The molecule has 0 atom stereocenters. The number of hydrogen-bond acceptors (Lipinski definition) is 2.